The lowest BCUT2D eigenvalue weighted by atomic mass is 9.96. The summed E-state index contributed by atoms with van der Waals surface area (Å²) in [6.45, 7) is 6.65. The Balaban J connectivity index is 1.73. The smallest absolute Gasteiger partial charge is 0.311 e. The first kappa shape index (κ1) is 24.0. The van der Waals surface area contributed by atoms with E-state index in [0.717, 1.165) is 0 Å². The van der Waals surface area contributed by atoms with Crippen LogP contribution < -0.4 is 15.2 Å². The first-order valence-electron chi connectivity index (χ1n) is 10.4. The molecule has 1 fully saturated rings. The third-order valence-electron chi connectivity index (χ3n) is 4.95. The second kappa shape index (κ2) is 12.4. The molecule has 1 aliphatic rings. The van der Waals surface area contributed by atoms with Gasteiger partial charge in [0.15, 0.2) is 11.5 Å². The molecule has 1 aromatic carbocycles. The second-order valence-corrected chi connectivity index (χ2v) is 7.61. The highest BCUT2D eigenvalue weighted by Gasteiger charge is 2.30. The number of ether oxygens (including phenoxy) is 5. The first-order valence-corrected chi connectivity index (χ1v) is 10.4. The summed E-state index contributed by atoms with van der Waals surface area (Å²) in [6.07, 6.45) is 0.881. The molecule has 0 spiro atoms. The number of hydrogen-bond acceptors (Lipinski definition) is 8. The summed E-state index contributed by atoms with van der Waals surface area (Å²) in [7, 11) is 0. The fraction of sp³-hybridized carbons (Fsp3) is 0.636. The molecule has 0 saturated carbocycles. The van der Waals surface area contributed by atoms with Crippen LogP contribution in [0.15, 0.2) is 24.3 Å². The van der Waals surface area contributed by atoms with E-state index in [1.807, 2.05) is 45.0 Å². The van der Waals surface area contributed by atoms with Gasteiger partial charge in [0, 0.05) is 12.6 Å². The summed E-state index contributed by atoms with van der Waals surface area (Å²) in [6, 6.07) is 7.14. The minimum Gasteiger partial charge on any atom is -0.490 e. The topological polar surface area (TPSA) is 106 Å². The molecule has 2 N–H and O–H groups in total. The Bertz CT molecular complexity index is 679. The predicted octanol–water partition coefficient (Wildman–Crippen LogP) is 2.68. The Hall–Kier alpha value is -2.32. The third kappa shape index (κ3) is 7.84. The van der Waals surface area contributed by atoms with Gasteiger partial charge in [-0.3, -0.25) is 9.59 Å². The molecule has 1 aromatic rings. The molecule has 2 unspecified atom stereocenters. The number of carbonyl (C=O) groups excluding carboxylic acids is 2. The van der Waals surface area contributed by atoms with Gasteiger partial charge in [-0.2, -0.15) is 0 Å². The van der Waals surface area contributed by atoms with Crippen LogP contribution in [0.3, 0.4) is 0 Å². The van der Waals surface area contributed by atoms with Crippen molar-refractivity contribution in [3.8, 4) is 11.5 Å². The van der Waals surface area contributed by atoms with Crippen LogP contribution >= 0.6 is 0 Å². The first-order chi connectivity index (χ1) is 14.4. The van der Waals surface area contributed by atoms with E-state index >= 15 is 0 Å². The van der Waals surface area contributed by atoms with E-state index < -0.39 is 18.7 Å². The van der Waals surface area contributed by atoms with E-state index in [1.54, 1.807) is 0 Å². The monoisotopic (exact) mass is 423 g/mol. The van der Waals surface area contributed by atoms with Crippen LogP contribution in [0.25, 0.3) is 0 Å². The summed E-state index contributed by atoms with van der Waals surface area (Å²) in [5.41, 5.74) is 5.84. The van der Waals surface area contributed by atoms with Gasteiger partial charge >= 0.3 is 11.9 Å². The molecule has 0 bridgehead atoms. The molecule has 168 valence electrons. The fourth-order valence-corrected chi connectivity index (χ4v) is 3.00. The molecule has 0 radical (unpaired) electrons. The van der Waals surface area contributed by atoms with Crippen LogP contribution in [0.1, 0.15) is 40.0 Å². The predicted molar refractivity (Wildman–Crippen MR) is 110 cm³/mol. The molecule has 2 rings (SSSR count). The number of benzene rings is 1. The average molecular weight is 424 g/mol. The van der Waals surface area contributed by atoms with Gasteiger partial charge in [0.05, 0.1) is 25.0 Å². The second-order valence-electron chi connectivity index (χ2n) is 7.61. The van der Waals surface area contributed by atoms with E-state index in [1.165, 1.54) is 0 Å². The maximum Gasteiger partial charge on any atom is 0.311 e. The van der Waals surface area contributed by atoms with Crippen molar-refractivity contribution in [2.75, 3.05) is 26.6 Å². The van der Waals surface area contributed by atoms with Crippen LogP contribution in [-0.4, -0.2) is 50.7 Å². The molecule has 1 aliphatic heterocycles. The third-order valence-corrected chi connectivity index (χ3v) is 4.95. The van der Waals surface area contributed by atoms with Gasteiger partial charge < -0.3 is 29.4 Å². The van der Waals surface area contributed by atoms with Gasteiger partial charge in [0.1, 0.15) is 6.61 Å². The van der Waals surface area contributed by atoms with Crippen molar-refractivity contribution in [1.82, 2.24) is 0 Å². The van der Waals surface area contributed by atoms with E-state index in [-0.39, 0.29) is 30.4 Å². The summed E-state index contributed by atoms with van der Waals surface area (Å²) in [5.74, 6) is 0.271. The normalized spacial score (nSPS) is 19.8. The number of para-hydroxylation sites is 2. The van der Waals surface area contributed by atoms with Gasteiger partial charge in [-0.15, -0.1) is 0 Å². The molecule has 1 saturated heterocycles. The molecule has 0 amide bonds. The number of nitrogens with two attached hydrogens (primary N) is 1. The van der Waals surface area contributed by atoms with Gasteiger partial charge in [0.25, 0.3) is 0 Å². The van der Waals surface area contributed by atoms with Gasteiger partial charge in [-0.1, -0.05) is 26.0 Å². The van der Waals surface area contributed by atoms with E-state index in [9.17, 15) is 9.59 Å². The SMILES string of the molecule is CCOc1ccccc1OCC1CC(C(=O)OCOC(=O)C[C@@H](N)C(C)C)CCO1. The summed E-state index contributed by atoms with van der Waals surface area (Å²) < 4.78 is 27.2. The Kier molecular flexibility index (Phi) is 9.89. The standard InChI is InChI=1S/C22H33NO7/c1-4-26-19-7-5-6-8-20(19)28-13-17-11-16(9-10-27-17)22(25)30-14-29-21(24)12-18(23)15(2)3/h5-8,15-18H,4,9-14,23H2,1-3H3/t16?,17?,18-/m1/s1. The highest BCUT2D eigenvalue weighted by molar-refractivity contribution is 5.73. The maximum absolute atomic E-state index is 12.3. The summed E-state index contributed by atoms with van der Waals surface area (Å²) >= 11 is 0. The van der Waals surface area contributed by atoms with Crippen molar-refractivity contribution in [2.24, 2.45) is 17.6 Å². The van der Waals surface area contributed by atoms with E-state index in [2.05, 4.69) is 0 Å². The Morgan fingerprint density at radius 2 is 1.87 bits per heavy atom. The average Bonchev–Trinajstić information content (AvgIpc) is 2.73. The molecule has 3 atom stereocenters. The molecule has 0 aromatic heterocycles. The highest BCUT2D eigenvalue weighted by atomic mass is 16.7. The number of carbonyl (C=O) groups is 2. The van der Waals surface area contributed by atoms with Crippen molar-refractivity contribution in [3.05, 3.63) is 24.3 Å². The van der Waals surface area contributed by atoms with Crippen molar-refractivity contribution in [3.63, 3.8) is 0 Å². The van der Waals surface area contributed by atoms with Crippen LogP contribution in [0.5, 0.6) is 11.5 Å². The zero-order chi connectivity index (χ0) is 21.9. The zero-order valence-electron chi connectivity index (χ0n) is 18.0. The molecule has 8 nitrogen and oxygen atoms in total. The zero-order valence-corrected chi connectivity index (χ0v) is 18.0. The molecule has 30 heavy (non-hydrogen) atoms. The van der Waals surface area contributed by atoms with Crippen LogP contribution in [-0.2, 0) is 23.8 Å². The fourth-order valence-electron chi connectivity index (χ4n) is 3.00. The minimum absolute atomic E-state index is 0.0924. The number of rotatable bonds is 11. The maximum atomic E-state index is 12.3. The lowest BCUT2D eigenvalue weighted by molar-refractivity contribution is -0.173. The highest BCUT2D eigenvalue weighted by Crippen LogP contribution is 2.28. The van der Waals surface area contributed by atoms with Crippen molar-refractivity contribution in [2.45, 2.75) is 52.2 Å². The summed E-state index contributed by atoms with van der Waals surface area (Å²) in [5, 5.41) is 0. The van der Waals surface area contributed by atoms with Crippen LogP contribution in [0.2, 0.25) is 0 Å². The van der Waals surface area contributed by atoms with Gasteiger partial charge in [0.2, 0.25) is 6.79 Å². The van der Waals surface area contributed by atoms with Crippen molar-refractivity contribution < 1.29 is 33.3 Å². The summed E-state index contributed by atoms with van der Waals surface area (Å²) in [4.78, 5) is 24.0. The van der Waals surface area contributed by atoms with Crippen LogP contribution in [0, 0.1) is 11.8 Å². The van der Waals surface area contributed by atoms with Crippen molar-refractivity contribution >= 4 is 11.9 Å². The lowest BCUT2D eigenvalue weighted by Gasteiger charge is -2.28. The number of esters is 2. The van der Waals surface area contributed by atoms with Crippen LogP contribution in [0.4, 0.5) is 0 Å². The number of hydrogen-bond donors (Lipinski definition) is 1. The van der Waals surface area contributed by atoms with Gasteiger partial charge in [-0.25, -0.2) is 0 Å². The Morgan fingerprint density at radius 3 is 2.53 bits per heavy atom. The molecular weight excluding hydrogens is 390 g/mol. The van der Waals surface area contributed by atoms with Crippen molar-refractivity contribution in [1.29, 1.82) is 0 Å². The minimum atomic E-state index is -0.477. The molecule has 1 heterocycles. The quantitative estimate of drug-likeness (QED) is 0.428. The molecular formula is C22H33NO7. The largest absolute Gasteiger partial charge is 0.490 e. The van der Waals surface area contributed by atoms with E-state index in [0.29, 0.717) is 44.2 Å². The Morgan fingerprint density at radius 1 is 1.17 bits per heavy atom. The molecule has 0 aliphatic carbocycles. The van der Waals surface area contributed by atoms with Gasteiger partial charge in [-0.05, 0) is 37.8 Å². The van der Waals surface area contributed by atoms with E-state index in [4.69, 9.17) is 29.4 Å². The molecule has 8 heteroatoms. The Labute approximate surface area is 177 Å². The lowest BCUT2D eigenvalue weighted by Crippen LogP contribution is -2.35.